The van der Waals surface area contributed by atoms with Gasteiger partial charge < -0.3 is 10.2 Å². The van der Waals surface area contributed by atoms with Crippen molar-refractivity contribution in [3.63, 3.8) is 0 Å². The van der Waals surface area contributed by atoms with E-state index in [2.05, 4.69) is 42.9 Å². The van der Waals surface area contributed by atoms with Crippen LogP contribution in [-0.2, 0) is 0 Å². The molecule has 0 spiro atoms. The molecule has 2 rings (SSSR count). The molecular weight excluding hydrogens is 246 g/mol. The van der Waals surface area contributed by atoms with Gasteiger partial charge in [0.25, 0.3) is 0 Å². The molecule has 1 N–H and O–H groups in total. The maximum Gasteiger partial charge on any atom is 0.0218 e. The second-order valence-corrected chi connectivity index (χ2v) is 7.14. The second-order valence-electron chi connectivity index (χ2n) is 7.14. The van der Waals surface area contributed by atoms with Crippen molar-refractivity contribution >= 4 is 0 Å². The van der Waals surface area contributed by atoms with Crippen LogP contribution in [0.5, 0.6) is 0 Å². The Morgan fingerprint density at radius 1 is 1.10 bits per heavy atom. The molecular formula is C17H35N3. The van der Waals surface area contributed by atoms with Crippen molar-refractivity contribution in [2.24, 2.45) is 5.41 Å². The molecule has 1 unspecified atom stereocenters. The maximum atomic E-state index is 3.79. The molecule has 2 aliphatic rings. The molecule has 0 amide bonds. The molecule has 0 aromatic rings. The van der Waals surface area contributed by atoms with Crippen LogP contribution < -0.4 is 5.32 Å². The van der Waals surface area contributed by atoms with Crippen LogP contribution in [0.25, 0.3) is 0 Å². The van der Waals surface area contributed by atoms with Gasteiger partial charge in [0.15, 0.2) is 0 Å². The van der Waals surface area contributed by atoms with Crippen LogP contribution in [0.1, 0.15) is 52.9 Å². The van der Waals surface area contributed by atoms with Crippen LogP contribution in [0.15, 0.2) is 0 Å². The number of nitrogens with one attached hydrogen (secondary N) is 1. The van der Waals surface area contributed by atoms with Gasteiger partial charge >= 0.3 is 0 Å². The summed E-state index contributed by atoms with van der Waals surface area (Å²) in [5.74, 6) is 0. The molecule has 0 aromatic carbocycles. The van der Waals surface area contributed by atoms with E-state index in [1.165, 1.54) is 64.8 Å². The van der Waals surface area contributed by atoms with Crippen LogP contribution in [0.4, 0.5) is 0 Å². The molecule has 1 aliphatic heterocycles. The molecule has 118 valence electrons. The van der Waals surface area contributed by atoms with Crippen LogP contribution in [0.3, 0.4) is 0 Å². The highest BCUT2D eigenvalue weighted by Gasteiger charge is 2.33. The fourth-order valence-electron chi connectivity index (χ4n) is 3.50. The highest BCUT2D eigenvalue weighted by Crippen LogP contribution is 2.30. The first-order chi connectivity index (χ1) is 9.62. The summed E-state index contributed by atoms with van der Waals surface area (Å²) in [4.78, 5) is 5.27. The van der Waals surface area contributed by atoms with Gasteiger partial charge in [-0.15, -0.1) is 0 Å². The van der Waals surface area contributed by atoms with Crippen molar-refractivity contribution in [2.45, 2.75) is 65.0 Å². The molecule has 1 saturated carbocycles. The Morgan fingerprint density at radius 2 is 1.80 bits per heavy atom. The molecule has 3 nitrogen and oxygen atoms in total. The second kappa shape index (κ2) is 7.24. The molecule has 0 bridgehead atoms. The SMILES string of the molecule is CCC1CN(CC(CC)(CC)CNC2CC2)CCN1C. The Balaban J connectivity index is 1.88. The Morgan fingerprint density at radius 3 is 2.35 bits per heavy atom. The van der Waals surface area contributed by atoms with Gasteiger partial charge in [0.05, 0.1) is 0 Å². The van der Waals surface area contributed by atoms with Crippen molar-refractivity contribution in [3.05, 3.63) is 0 Å². The average Bonchev–Trinajstić information content (AvgIpc) is 3.29. The van der Waals surface area contributed by atoms with E-state index in [4.69, 9.17) is 0 Å². The minimum atomic E-state index is 0.483. The van der Waals surface area contributed by atoms with Crippen LogP contribution in [-0.4, -0.2) is 61.7 Å². The lowest BCUT2D eigenvalue weighted by Gasteiger charge is -2.44. The van der Waals surface area contributed by atoms with Gasteiger partial charge in [0.2, 0.25) is 0 Å². The van der Waals surface area contributed by atoms with Gasteiger partial charge in [-0.2, -0.15) is 0 Å². The Hall–Kier alpha value is -0.120. The van der Waals surface area contributed by atoms with Gasteiger partial charge in [-0.3, -0.25) is 4.90 Å². The maximum absolute atomic E-state index is 3.79. The summed E-state index contributed by atoms with van der Waals surface area (Å²) in [5.41, 5.74) is 0.483. The smallest absolute Gasteiger partial charge is 0.0218 e. The zero-order valence-electron chi connectivity index (χ0n) is 14.1. The molecule has 1 saturated heterocycles. The Bertz CT molecular complexity index is 284. The zero-order chi connectivity index (χ0) is 14.6. The number of nitrogens with zero attached hydrogens (tertiary/aromatic N) is 2. The summed E-state index contributed by atoms with van der Waals surface area (Å²) < 4.78 is 0. The number of hydrogen-bond acceptors (Lipinski definition) is 3. The fourth-order valence-corrected chi connectivity index (χ4v) is 3.50. The van der Waals surface area contributed by atoms with Crippen molar-refractivity contribution in [3.8, 4) is 0 Å². The number of rotatable bonds is 8. The number of likely N-dealkylation sites (N-methyl/N-ethyl adjacent to an activating group) is 1. The summed E-state index contributed by atoms with van der Waals surface area (Å²) in [6.45, 7) is 13.3. The minimum absolute atomic E-state index is 0.483. The first-order valence-corrected chi connectivity index (χ1v) is 8.78. The van der Waals surface area contributed by atoms with Crippen LogP contribution >= 0.6 is 0 Å². The van der Waals surface area contributed by atoms with E-state index in [9.17, 15) is 0 Å². The number of hydrogen-bond donors (Lipinski definition) is 1. The fraction of sp³-hybridized carbons (Fsp3) is 1.00. The third-order valence-electron chi connectivity index (χ3n) is 5.73. The van der Waals surface area contributed by atoms with Crippen molar-refractivity contribution < 1.29 is 0 Å². The van der Waals surface area contributed by atoms with Gasteiger partial charge in [-0.05, 0) is 44.6 Å². The van der Waals surface area contributed by atoms with E-state index >= 15 is 0 Å². The molecule has 1 aliphatic carbocycles. The predicted molar refractivity (Wildman–Crippen MR) is 87.2 cm³/mol. The molecule has 0 radical (unpaired) electrons. The highest BCUT2D eigenvalue weighted by molar-refractivity contribution is 4.90. The first kappa shape index (κ1) is 16.3. The normalized spacial score (nSPS) is 26.1. The van der Waals surface area contributed by atoms with Crippen molar-refractivity contribution in [2.75, 3.05) is 39.8 Å². The third kappa shape index (κ3) is 4.19. The van der Waals surface area contributed by atoms with Gasteiger partial charge in [-0.1, -0.05) is 20.8 Å². The Kier molecular flexibility index (Phi) is 5.88. The molecule has 20 heavy (non-hydrogen) atoms. The monoisotopic (exact) mass is 281 g/mol. The molecule has 1 heterocycles. The number of piperazine rings is 1. The van der Waals surface area contributed by atoms with E-state index < -0.39 is 0 Å². The summed E-state index contributed by atoms with van der Waals surface area (Å²) in [5, 5.41) is 3.79. The lowest BCUT2D eigenvalue weighted by Crippen LogP contribution is -2.54. The highest BCUT2D eigenvalue weighted by atomic mass is 15.3. The third-order valence-corrected chi connectivity index (χ3v) is 5.73. The van der Waals surface area contributed by atoms with Crippen LogP contribution in [0, 0.1) is 5.41 Å². The topological polar surface area (TPSA) is 18.5 Å². The minimum Gasteiger partial charge on any atom is -0.313 e. The lowest BCUT2D eigenvalue weighted by molar-refractivity contribution is 0.0522. The van der Waals surface area contributed by atoms with Gasteiger partial charge in [-0.25, -0.2) is 0 Å². The quantitative estimate of drug-likeness (QED) is 0.738. The summed E-state index contributed by atoms with van der Waals surface area (Å²) in [6, 6.07) is 1.59. The van der Waals surface area contributed by atoms with Crippen molar-refractivity contribution in [1.29, 1.82) is 0 Å². The lowest BCUT2D eigenvalue weighted by atomic mass is 9.81. The first-order valence-electron chi connectivity index (χ1n) is 8.78. The van der Waals surface area contributed by atoms with E-state index in [0.717, 1.165) is 12.1 Å². The van der Waals surface area contributed by atoms with Crippen LogP contribution in [0.2, 0.25) is 0 Å². The predicted octanol–water partition coefficient (Wildman–Crippen LogP) is 2.57. The van der Waals surface area contributed by atoms with E-state index in [1.54, 1.807) is 0 Å². The van der Waals surface area contributed by atoms with E-state index in [1.807, 2.05) is 0 Å². The molecule has 2 fully saturated rings. The molecule has 1 atom stereocenters. The Labute approximate surface area is 126 Å². The zero-order valence-corrected chi connectivity index (χ0v) is 14.1. The molecule has 3 heteroatoms. The van der Waals surface area contributed by atoms with E-state index in [0.29, 0.717) is 5.41 Å². The van der Waals surface area contributed by atoms with Gasteiger partial charge in [0, 0.05) is 44.8 Å². The largest absolute Gasteiger partial charge is 0.313 e. The summed E-state index contributed by atoms with van der Waals surface area (Å²) in [6.07, 6.45) is 6.67. The van der Waals surface area contributed by atoms with E-state index in [-0.39, 0.29) is 0 Å². The standard InChI is InChI=1S/C17H35N3/c1-5-16-12-20(11-10-19(16)4)14-17(6-2,7-3)13-18-15-8-9-15/h15-16,18H,5-14H2,1-4H3. The summed E-state index contributed by atoms with van der Waals surface area (Å²) >= 11 is 0. The molecule has 0 aromatic heterocycles. The van der Waals surface area contributed by atoms with Crippen molar-refractivity contribution in [1.82, 2.24) is 15.1 Å². The summed E-state index contributed by atoms with van der Waals surface area (Å²) in [7, 11) is 2.28. The average molecular weight is 281 g/mol. The van der Waals surface area contributed by atoms with Gasteiger partial charge in [0.1, 0.15) is 0 Å².